The Balaban J connectivity index is 1.89. The van der Waals surface area contributed by atoms with Crippen LogP contribution in [0.15, 0.2) is 36.5 Å². The van der Waals surface area contributed by atoms with Crippen LogP contribution >= 0.6 is 0 Å². The van der Waals surface area contributed by atoms with Crippen LogP contribution in [-0.4, -0.2) is 25.8 Å². The highest BCUT2D eigenvalue weighted by molar-refractivity contribution is 5.99. The Hall–Kier alpha value is -3.73. The van der Waals surface area contributed by atoms with E-state index < -0.39 is 28.9 Å². The van der Waals surface area contributed by atoms with Crippen LogP contribution < -0.4 is 0 Å². The number of aliphatic carboxylic acids is 1. The molecule has 2 atom stereocenters. The number of carboxylic acid groups (broad SMARTS) is 1. The molecule has 0 radical (unpaired) electrons. The third-order valence-corrected chi connectivity index (χ3v) is 7.08. The summed E-state index contributed by atoms with van der Waals surface area (Å²) in [6, 6.07) is 10.0. The van der Waals surface area contributed by atoms with E-state index in [9.17, 15) is 23.9 Å². The number of H-pyrrole nitrogens is 1. The van der Waals surface area contributed by atoms with Crippen LogP contribution in [0, 0.1) is 28.9 Å². The van der Waals surface area contributed by atoms with Crippen LogP contribution in [0.4, 0.5) is 8.78 Å². The Kier molecular flexibility index (Phi) is 5.16. The van der Waals surface area contributed by atoms with Crippen molar-refractivity contribution in [1.82, 2.24) is 14.8 Å². The van der Waals surface area contributed by atoms with Gasteiger partial charge in [0.25, 0.3) is 0 Å². The molecule has 1 aliphatic carbocycles. The third-order valence-electron chi connectivity index (χ3n) is 7.08. The normalized spacial score (nSPS) is 18.6. The van der Waals surface area contributed by atoms with E-state index >= 15 is 0 Å². The Labute approximate surface area is 194 Å². The van der Waals surface area contributed by atoms with Gasteiger partial charge in [-0.2, -0.15) is 10.4 Å². The van der Waals surface area contributed by atoms with Gasteiger partial charge in [-0.05, 0) is 55.0 Å². The van der Waals surface area contributed by atoms with E-state index in [1.807, 2.05) is 30.5 Å². The average Bonchev–Trinajstić information content (AvgIpc) is 3.50. The second-order valence-electron chi connectivity index (χ2n) is 9.79. The lowest BCUT2D eigenvalue weighted by Crippen LogP contribution is -2.23. The summed E-state index contributed by atoms with van der Waals surface area (Å²) in [7, 11) is 0. The van der Waals surface area contributed by atoms with Crippen molar-refractivity contribution in [2.75, 3.05) is 0 Å². The molecule has 1 saturated carbocycles. The Morgan fingerprint density at radius 3 is 2.74 bits per heavy atom. The zero-order valence-electron chi connectivity index (χ0n) is 18.9. The fraction of sp³-hybridized carbons (Fsp3) is 0.346. The molecule has 0 spiro atoms. The number of aromatic amines is 1. The molecule has 2 N–H and O–H groups in total. The van der Waals surface area contributed by atoms with Crippen molar-refractivity contribution >= 4 is 27.8 Å². The summed E-state index contributed by atoms with van der Waals surface area (Å²) in [5.74, 6) is -3.17. The maximum Gasteiger partial charge on any atom is 0.306 e. The number of hydrogen-bond donors (Lipinski definition) is 2. The van der Waals surface area contributed by atoms with E-state index in [-0.39, 0.29) is 12.3 Å². The fourth-order valence-electron chi connectivity index (χ4n) is 5.47. The molecule has 5 rings (SSSR count). The monoisotopic (exact) mass is 462 g/mol. The summed E-state index contributed by atoms with van der Waals surface area (Å²) in [6.45, 7) is 3.92. The van der Waals surface area contributed by atoms with Crippen molar-refractivity contribution in [3.05, 3.63) is 59.4 Å². The number of aromatic nitrogens is 3. The highest BCUT2D eigenvalue weighted by atomic mass is 19.2. The van der Waals surface area contributed by atoms with Crippen molar-refractivity contribution in [2.45, 2.75) is 50.9 Å². The van der Waals surface area contributed by atoms with E-state index in [4.69, 9.17) is 0 Å². The van der Waals surface area contributed by atoms with Crippen molar-refractivity contribution < 1.29 is 18.7 Å². The molecule has 0 saturated heterocycles. The van der Waals surface area contributed by atoms with Crippen LogP contribution in [0.1, 0.15) is 56.7 Å². The number of rotatable bonds is 5. The largest absolute Gasteiger partial charge is 0.481 e. The summed E-state index contributed by atoms with van der Waals surface area (Å²) in [5.41, 5.74) is 3.23. The topological polar surface area (TPSA) is 94.7 Å². The molecule has 34 heavy (non-hydrogen) atoms. The molecule has 0 aliphatic heterocycles. The molecule has 0 bridgehead atoms. The number of nitrogens with zero attached hydrogens (tertiary/aromatic N) is 3. The van der Waals surface area contributed by atoms with Gasteiger partial charge in [-0.15, -0.1) is 0 Å². The minimum atomic E-state index is -0.957. The molecule has 2 aromatic carbocycles. The number of halogens is 2. The molecule has 2 heterocycles. The van der Waals surface area contributed by atoms with Gasteiger partial charge in [0.05, 0.1) is 29.2 Å². The molecule has 4 aromatic rings. The van der Waals surface area contributed by atoms with Crippen LogP contribution in [0.3, 0.4) is 0 Å². The zero-order chi connectivity index (χ0) is 24.2. The van der Waals surface area contributed by atoms with Gasteiger partial charge >= 0.3 is 5.97 Å². The first-order chi connectivity index (χ1) is 16.2. The van der Waals surface area contributed by atoms with Gasteiger partial charge in [0.1, 0.15) is 0 Å². The van der Waals surface area contributed by atoms with Crippen molar-refractivity contribution in [2.24, 2.45) is 5.92 Å². The van der Waals surface area contributed by atoms with Gasteiger partial charge in [0, 0.05) is 40.1 Å². The number of nitriles is 1. The van der Waals surface area contributed by atoms with E-state index in [0.717, 1.165) is 39.1 Å². The third kappa shape index (κ3) is 3.43. The van der Waals surface area contributed by atoms with Gasteiger partial charge in [-0.3, -0.25) is 9.89 Å². The van der Waals surface area contributed by atoms with Gasteiger partial charge in [-0.1, -0.05) is 13.8 Å². The molecule has 1 aliphatic rings. The predicted octanol–water partition coefficient (Wildman–Crippen LogP) is 5.94. The van der Waals surface area contributed by atoms with E-state index in [1.54, 1.807) is 6.20 Å². The van der Waals surface area contributed by atoms with Crippen molar-refractivity contribution in [3.63, 3.8) is 0 Å². The predicted molar refractivity (Wildman–Crippen MR) is 124 cm³/mol. The lowest BCUT2D eigenvalue weighted by Gasteiger charge is -2.28. The number of hydrogen-bond acceptors (Lipinski definition) is 3. The fourth-order valence-corrected chi connectivity index (χ4v) is 5.47. The first-order valence-electron chi connectivity index (χ1n) is 11.3. The lowest BCUT2D eigenvalue weighted by atomic mass is 9.79. The second kappa shape index (κ2) is 7.94. The minimum absolute atomic E-state index is 0.0384. The van der Waals surface area contributed by atoms with E-state index in [1.165, 1.54) is 12.1 Å². The summed E-state index contributed by atoms with van der Waals surface area (Å²) < 4.78 is 30.1. The Morgan fingerprint density at radius 2 is 2.06 bits per heavy atom. The number of nitrogens with one attached hydrogen (secondary N) is 1. The molecule has 0 amide bonds. The SMILES string of the molecule is CC(C)(CC#N)c1c([C@@H]2CC[C@@H](C(=O)O)C2)c2cc3[nH]ncc3cc2n1-c1ccc(F)c(F)c1. The minimum Gasteiger partial charge on any atom is -0.481 e. The van der Waals surface area contributed by atoms with Crippen LogP contribution in [-0.2, 0) is 10.2 Å². The van der Waals surface area contributed by atoms with Gasteiger partial charge < -0.3 is 9.67 Å². The van der Waals surface area contributed by atoms with Crippen LogP contribution in [0.2, 0.25) is 0 Å². The summed E-state index contributed by atoms with van der Waals surface area (Å²) >= 11 is 0. The molecule has 0 unspecified atom stereocenters. The van der Waals surface area contributed by atoms with Gasteiger partial charge in [-0.25, -0.2) is 8.78 Å². The average molecular weight is 463 g/mol. The van der Waals surface area contributed by atoms with Crippen molar-refractivity contribution in [3.8, 4) is 11.8 Å². The molecule has 2 aromatic heterocycles. The summed E-state index contributed by atoms with van der Waals surface area (Å²) in [6.07, 6.45) is 3.66. The first kappa shape index (κ1) is 22.1. The molecule has 1 fully saturated rings. The number of fused-ring (bicyclic) bond motifs is 2. The number of carboxylic acids is 1. The summed E-state index contributed by atoms with van der Waals surface area (Å²) in [4.78, 5) is 11.7. The van der Waals surface area contributed by atoms with Crippen molar-refractivity contribution in [1.29, 1.82) is 5.26 Å². The number of benzene rings is 2. The van der Waals surface area contributed by atoms with Crippen LogP contribution in [0.5, 0.6) is 0 Å². The highest BCUT2D eigenvalue weighted by Gasteiger charge is 2.38. The molecule has 174 valence electrons. The Bertz CT molecular complexity index is 1480. The molecular formula is C26H24F2N4O2. The van der Waals surface area contributed by atoms with Crippen LogP contribution in [0.25, 0.3) is 27.5 Å². The number of carbonyl (C=O) groups is 1. The Morgan fingerprint density at radius 1 is 1.26 bits per heavy atom. The quantitative estimate of drug-likeness (QED) is 0.383. The maximum absolute atomic E-state index is 14.4. The maximum atomic E-state index is 14.4. The van der Waals surface area contributed by atoms with E-state index in [0.29, 0.717) is 24.9 Å². The molecular weight excluding hydrogens is 438 g/mol. The lowest BCUT2D eigenvalue weighted by molar-refractivity contribution is -0.141. The first-order valence-corrected chi connectivity index (χ1v) is 11.3. The molecule has 6 nitrogen and oxygen atoms in total. The highest BCUT2D eigenvalue weighted by Crippen LogP contribution is 2.48. The molecule has 8 heteroatoms. The smallest absolute Gasteiger partial charge is 0.306 e. The zero-order valence-corrected chi connectivity index (χ0v) is 18.9. The standard InChI is InChI=1S/C26H24F2N4O2/c1-26(2,7-8-29)24-23(14-3-4-15(9-14)25(33)34)18-12-21-16(13-30-31-21)10-22(18)32(24)17-5-6-19(27)20(28)11-17/h5-6,10-15H,3-4,7,9H2,1-2H3,(H,30,31)(H,33,34)/t14-,15-/m1/s1. The van der Waals surface area contributed by atoms with Gasteiger partial charge in [0.2, 0.25) is 0 Å². The van der Waals surface area contributed by atoms with E-state index in [2.05, 4.69) is 16.3 Å². The summed E-state index contributed by atoms with van der Waals surface area (Å²) in [5, 5.41) is 28.1. The van der Waals surface area contributed by atoms with Gasteiger partial charge in [0.15, 0.2) is 11.6 Å². The second-order valence-corrected chi connectivity index (χ2v) is 9.79.